The molecule has 1 aromatic rings. The van der Waals surface area contributed by atoms with E-state index in [0.29, 0.717) is 5.75 Å². The van der Waals surface area contributed by atoms with E-state index in [9.17, 15) is 5.11 Å². The molecule has 3 heteroatoms. The summed E-state index contributed by atoms with van der Waals surface area (Å²) in [7, 11) is 0. The van der Waals surface area contributed by atoms with Crippen LogP contribution in [0, 0.1) is 12.8 Å². The number of rotatable bonds is 3. The lowest BCUT2D eigenvalue weighted by molar-refractivity contribution is 0.144. The monoisotopic (exact) mass is 274 g/mol. The third kappa shape index (κ3) is 3.15. The molecule has 2 N–H and O–H groups in total. The van der Waals surface area contributed by atoms with Crippen LogP contribution in [0.3, 0.4) is 0 Å². The molecule has 20 heavy (non-hydrogen) atoms. The molecule has 2 unspecified atom stereocenters. The lowest BCUT2D eigenvalue weighted by Crippen LogP contribution is -2.43. The maximum Gasteiger partial charge on any atom is 0.120 e. The highest BCUT2D eigenvalue weighted by molar-refractivity contribution is 5.35. The molecule has 2 fully saturated rings. The van der Waals surface area contributed by atoms with Gasteiger partial charge in [-0.15, -0.1) is 0 Å². The first-order valence-electron chi connectivity index (χ1n) is 7.96. The Morgan fingerprint density at radius 2 is 2.20 bits per heavy atom. The Balaban J connectivity index is 1.63. The number of aryl methyl sites for hydroxylation is 1. The van der Waals surface area contributed by atoms with Crippen molar-refractivity contribution in [2.45, 2.75) is 45.2 Å². The minimum Gasteiger partial charge on any atom is -0.508 e. The quantitative estimate of drug-likeness (QED) is 0.889. The third-order valence-electron chi connectivity index (χ3n) is 4.84. The van der Waals surface area contributed by atoms with E-state index < -0.39 is 0 Å². The molecule has 0 amide bonds. The van der Waals surface area contributed by atoms with Crippen LogP contribution >= 0.6 is 0 Å². The molecular formula is C17H26N2O. The average molecular weight is 274 g/mol. The second-order valence-corrected chi connectivity index (χ2v) is 6.47. The number of hydrogen-bond acceptors (Lipinski definition) is 3. The van der Waals surface area contributed by atoms with E-state index in [4.69, 9.17) is 0 Å². The highest BCUT2D eigenvalue weighted by Gasteiger charge is 2.29. The fourth-order valence-corrected chi connectivity index (χ4v) is 3.76. The summed E-state index contributed by atoms with van der Waals surface area (Å²) in [5, 5.41) is 13.7. The minimum atomic E-state index is 0.441. The molecule has 2 saturated heterocycles. The molecule has 3 nitrogen and oxygen atoms in total. The SMILES string of the molecule is Cc1ccc(O)c(CN2CCCC(C3CCCN3)C2)c1. The standard InChI is InChI=1S/C17H26N2O/c1-13-6-7-17(20)15(10-13)12-19-9-3-4-14(11-19)16-5-2-8-18-16/h6-7,10,14,16,18,20H,2-5,8-9,11-12H2,1H3. The van der Waals surface area contributed by atoms with Crippen LogP contribution < -0.4 is 5.32 Å². The Labute approximate surface area is 122 Å². The molecule has 2 aliphatic rings. The van der Waals surface area contributed by atoms with Gasteiger partial charge in [-0.3, -0.25) is 4.90 Å². The largest absolute Gasteiger partial charge is 0.508 e. The van der Waals surface area contributed by atoms with Gasteiger partial charge in [-0.2, -0.15) is 0 Å². The van der Waals surface area contributed by atoms with Crippen LogP contribution in [0.25, 0.3) is 0 Å². The number of aromatic hydroxyl groups is 1. The zero-order valence-electron chi connectivity index (χ0n) is 12.4. The fourth-order valence-electron chi connectivity index (χ4n) is 3.76. The van der Waals surface area contributed by atoms with Gasteiger partial charge in [0.1, 0.15) is 5.75 Å². The van der Waals surface area contributed by atoms with E-state index in [1.807, 2.05) is 12.1 Å². The Morgan fingerprint density at radius 1 is 1.30 bits per heavy atom. The van der Waals surface area contributed by atoms with Gasteiger partial charge in [0.25, 0.3) is 0 Å². The second kappa shape index (κ2) is 6.15. The van der Waals surface area contributed by atoms with Crippen molar-refractivity contribution in [3.05, 3.63) is 29.3 Å². The maximum atomic E-state index is 10.0. The normalized spacial score (nSPS) is 27.9. The van der Waals surface area contributed by atoms with Crippen molar-refractivity contribution in [1.29, 1.82) is 0 Å². The van der Waals surface area contributed by atoms with Crippen molar-refractivity contribution in [3.8, 4) is 5.75 Å². The van der Waals surface area contributed by atoms with E-state index in [1.165, 1.54) is 44.3 Å². The van der Waals surface area contributed by atoms with Gasteiger partial charge >= 0.3 is 0 Å². The molecule has 0 spiro atoms. The summed E-state index contributed by atoms with van der Waals surface area (Å²) in [5.41, 5.74) is 2.30. The van der Waals surface area contributed by atoms with Gasteiger partial charge in [0, 0.05) is 24.7 Å². The topological polar surface area (TPSA) is 35.5 Å². The lowest BCUT2D eigenvalue weighted by Gasteiger charge is -2.36. The summed E-state index contributed by atoms with van der Waals surface area (Å²) in [6.07, 6.45) is 5.32. The van der Waals surface area contributed by atoms with Crippen molar-refractivity contribution in [3.63, 3.8) is 0 Å². The van der Waals surface area contributed by atoms with Gasteiger partial charge in [-0.25, -0.2) is 0 Å². The van der Waals surface area contributed by atoms with Crippen LogP contribution in [0.15, 0.2) is 18.2 Å². The van der Waals surface area contributed by atoms with Gasteiger partial charge in [-0.05, 0) is 57.7 Å². The molecule has 0 saturated carbocycles. The summed E-state index contributed by atoms with van der Waals surface area (Å²) in [5.74, 6) is 1.23. The van der Waals surface area contributed by atoms with Crippen LogP contribution in [-0.4, -0.2) is 35.7 Å². The predicted octanol–water partition coefficient (Wildman–Crippen LogP) is 2.66. The second-order valence-electron chi connectivity index (χ2n) is 6.47. The van der Waals surface area contributed by atoms with E-state index in [0.717, 1.165) is 30.6 Å². The Kier molecular flexibility index (Phi) is 4.27. The van der Waals surface area contributed by atoms with Gasteiger partial charge in [0.05, 0.1) is 0 Å². The first-order valence-corrected chi connectivity index (χ1v) is 7.96. The molecule has 2 heterocycles. The maximum absolute atomic E-state index is 10.0. The Bertz CT molecular complexity index is 454. The molecule has 2 aliphatic heterocycles. The molecule has 110 valence electrons. The van der Waals surface area contributed by atoms with Gasteiger partial charge in [-0.1, -0.05) is 17.7 Å². The molecule has 2 atom stereocenters. The summed E-state index contributed by atoms with van der Waals surface area (Å²) < 4.78 is 0. The van der Waals surface area contributed by atoms with Crippen molar-refractivity contribution in [1.82, 2.24) is 10.2 Å². The van der Waals surface area contributed by atoms with Crippen LogP contribution in [-0.2, 0) is 6.54 Å². The number of nitrogens with one attached hydrogen (secondary N) is 1. The number of phenols is 1. The molecule has 1 aromatic carbocycles. The van der Waals surface area contributed by atoms with Crippen LogP contribution in [0.1, 0.15) is 36.8 Å². The smallest absolute Gasteiger partial charge is 0.120 e. The highest BCUT2D eigenvalue weighted by Crippen LogP contribution is 2.27. The average Bonchev–Trinajstić information content (AvgIpc) is 2.97. The number of piperidine rings is 1. The van der Waals surface area contributed by atoms with Gasteiger partial charge < -0.3 is 10.4 Å². The lowest BCUT2D eigenvalue weighted by atomic mass is 9.89. The summed E-state index contributed by atoms with van der Waals surface area (Å²) >= 11 is 0. The van der Waals surface area contributed by atoms with E-state index in [1.54, 1.807) is 0 Å². The van der Waals surface area contributed by atoms with Crippen LogP contribution in [0.4, 0.5) is 0 Å². The Hall–Kier alpha value is -1.06. The van der Waals surface area contributed by atoms with Crippen LogP contribution in [0.2, 0.25) is 0 Å². The van der Waals surface area contributed by atoms with E-state index >= 15 is 0 Å². The third-order valence-corrected chi connectivity index (χ3v) is 4.84. The molecule has 0 radical (unpaired) electrons. The first-order chi connectivity index (χ1) is 9.72. The minimum absolute atomic E-state index is 0.441. The molecule has 0 aromatic heterocycles. The van der Waals surface area contributed by atoms with Crippen molar-refractivity contribution < 1.29 is 5.11 Å². The van der Waals surface area contributed by atoms with Gasteiger partial charge in [0.15, 0.2) is 0 Å². The molecular weight excluding hydrogens is 248 g/mol. The van der Waals surface area contributed by atoms with Gasteiger partial charge in [0.2, 0.25) is 0 Å². The van der Waals surface area contributed by atoms with Crippen molar-refractivity contribution in [2.24, 2.45) is 5.92 Å². The number of nitrogens with zero attached hydrogens (tertiary/aromatic N) is 1. The van der Waals surface area contributed by atoms with Crippen LogP contribution in [0.5, 0.6) is 5.75 Å². The van der Waals surface area contributed by atoms with Crippen molar-refractivity contribution in [2.75, 3.05) is 19.6 Å². The Morgan fingerprint density at radius 3 is 3.00 bits per heavy atom. The number of likely N-dealkylation sites (tertiary alicyclic amines) is 1. The number of benzene rings is 1. The van der Waals surface area contributed by atoms with E-state index in [2.05, 4.69) is 23.2 Å². The number of hydrogen-bond donors (Lipinski definition) is 2. The summed E-state index contributed by atoms with van der Waals surface area (Å²) in [6, 6.07) is 6.64. The van der Waals surface area contributed by atoms with Crippen molar-refractivity contribution >= 4 is 0 Å². The molecule has 0 bridgehead atoms. The summed E-state index contributed by atoms with van der Waals surface area (Å²) in [4.78, 5) is 2.52. The first kappa shape index (κ1) is 13.9. The van der Waals surface area contributed by atoms with E-state index in [-0.39, 0.29) is 0 Å². The molecule has 3 rings (SSSR count). The zero-order valence-corrected chi connectivity index (χ0v) is 12.4. The highest BCUT2D eigenvalue weighted by atomic mass is 16.3. The number of phenolic OH excluding ortho intramolecular Hbond substituents is 1. The molecule has 0 aliphatic carbocycles. The zero-order chi connectivity index (χ0) is 13.9. The predicted molar refractivity (Wildman–Crippen MR) is 81.9 cm³/mol. The summed E-state index contributed by atoms with van der Waals surface area (Å²) in [6.45, 7) is 6.50. The fraction of sp³-hybridized carbons (Fsp3) is 0.647.